The standard InChI is InChI=1S/C11H14BrClN2O/c1-8(4-5-12)6-15-11(16)10-3-2-9(13)7-14-10/h2-3,7-8H,4-6H2,1H3,(H,15,16). The molecule has 1 amide bonds. The average Bonchev–Trinajstić information content (AvgIpc) is 2.27. The Morgan fingerprint density at radius 3 is 2.94 bits per heavy atom. The van der Waals surface area contributed by atoms with Gasteiger partial charge >= 0.3 is 0 Å². The van der Waals surface area contributed by atoms with Crippen LogP contribution >= 0.6 is 27.5 Å². The third-order valence-electron chi connectivity index (χ3n) is 2.17. The lowest BCUT2D eigenvalue weighted by molar-refractivity contribution is 0.0943. The van der Waals surface area contributed by atoms with Crippen LogP contribution in [0, 0.1) is 5.92 Å². The van der Waals surface area contributed by atoms with Gasteiger partial charge in [-0.3, -0.25) is 4.79 Å². The minimum absolute atomic E-state index is 0.155. The van der Waals surface area contributed by atoms with E-state index in [0.717, 1.165) is 11.8 Å². The summed E-state index contributed by atoms with van der Waals surface area (Å²) in [7, 11) is 0. The van der Waals surface area contributed by atoms with Gasteiger partial charge in [-0.2, -0.15) is 0 Å². The minimum atomic E-state index is -0.155. The van der Waals surface area contributed by atoms with Gasteiger partial charge in [0.25, 0.3) is 5.91 Å². The zero-order chi connectivity index (χ0) is 12.0. The summed E-state index contributed by atoms with van der Waals surface area (Å²) >= 11 is 9.06. The zero-order valence-electron chi connectivity index (χ0n) is 9.04. The molecule has 1 aromatic rings. The number of amides is 1. The molecule has 0 aliphatic carbocycles. The summed E-state index contributed by atoms with van der Waals surface area (Å²) in [4.78, 5) is 15.6. The maximum absolute atomic E-state index is 11.6. The van der Waals surface area contributed by atoms with Crippen molar-refractivity contribution in [2.45, 2.75) is 13.3 Å². The van der Waals surface area contributed by atoms with E-state index in [1.54, 1.807) is 12.1 Å². The molecule has 1 heterocycles. The number of pyridine rings is 1. The molecule has 1 rings (SSSR count). The maximum atomic E-state index is 11.6. The largest absolute Gasteiger partial charge is 0.350 e. The Hall–Kier alpha value is -0.610. The van der Waals surface area contributed by atoms with Crippen LogP contribution in [0.5, 0.6) is 0 Å². The summed E-state index contributed by atoms with van der Waals surface area (Å²) in [6.45, 7) is 2.76. The van der Waals surface area contributed by atoms with Crippen LogP contribution < -0.4 is 5.32 Å². The minimum Gasteiger partial charge on any atom is -0.350 e. The second-order valence-electron chi connectivity index (χ2n) is 3.65. The van der Waals surface area contributed by atoms with Crippen LogP contribution in [-0.4, -0.2) is 22.8 Å². The number of hydrogen-bond donors (Lipinski definition) is 1. The highest BCUT2D eigenvalue weighted by Gasteiger charge is 2.08. The molecule has 1 aromatic heterocycles. The molecule has 0 saturated heterocycles. The van der Waals surface area contributed by atoms with Crippen LogP contribution in [0.25, 0.3) is 0 Å². The van der Waals surface area contributed by atoms with Gasteiger partial charge in [0.15, 0.2) is 0 Å². The van der Waals surface area contributed by atoms with E-state index < -0.39 is 0 Å². The van der Waals surface area contributed by atoms with Crippen LogP contribution in [0.1, 0.15) is 23.8 Å². The Bertz CT molecular complexity index is 342. The van der Waals surface area contributed by atoms with Crippen LogP contribution in [0.4, 0.5) is 0 Å². The van der Waals surface area contributed by atoms with E-state index >= 15 is 0 Å². The first-order valence-corrected chi connectivity index (χ1v) is 6.59. The molecule has 0 aromatic carbocycles. The topological polar surface area (TPSA) is 42.0 Å². The molecule has 16 heavy (non-hydrogen) atoms. The first-order valence-electron chi connectivity index (χ1n) is 5.09. The Balaban J connectivity index is 2.43. The fourth-order valence-electron chi connectivity index (χ4n) is 1.16. The van der Waals surface area contributed by atoms with Crippen LogP contribution in [0.3, 0.4) is 0 Å². The molecule has 3 nitrogen and oxygen atoms in total. The summed E-state index contributed by atoms with van der Waals surface area (Å²) in [5.41, 5.74) is 0.399. The van der Waals surface area contributed by atoms with Gasteiger partial charge in [0.05, 0.1) is 5.02 Å². The maximum Gasteiger partial charge on any atom is 0.269 e. The molecule has 0 aliphatic rings. The second-order valence-corrected chi connectivity index (χ2v) is 4.88. The lowest BCUT2D eigenvalue weighted by Gasteiger charge is -2.10. The summed E-state index contributed by atoms with van der Waals surface area (Å²) in [6.07, 6.45) is 2.51. The van der Waals surface area contributed by atoms with E-state index in [1.165, 1.54) is 6.20 Å². The first-order chi connectivity index (χ1) is 7.63. The van der Waals surface area contributed by atoms with Gasteiger partial charge in [-0.05, 0) is 24.5 Å². The zero-order valence-corrected chi connectivity index (χ0v) is 11.4. The van der Waals surface area contributed by atoms with Crippen LogP contribution in [-0.2, 0) is 0 Å². The monoisotopic (exact) mass is 304 g/mol. The quantitative estimate of drug-likeness (QED) is 0.850. The SMILES string of the molecule is CC(CCBr)CNC(=O)c1ccc(Cl)cn1. The fourth-order valence-corrected chi connectivity index (χ4v) is 2.05. The van der Waals surface area contributed by atoms with E-state index in [9.17, 15) is 4.79 Å². The molecule has 88 valence electrons. The van der Waals surface area contributed by atoms with Crippen molar-refractivity contribution < 1.29 is 4.79 Å². The van der Waals surface area contributed by atoms with E-state index in [-0.39, 0.29) is 5.91 Å². The number of alkyl halides is 1. The highest BCUT2D eigenvalue weighted by Crippen LogP contribution is 2.06. The van der Waals surface area contributed by atoms with Gasteiger partial charge < -0.3 is 5.32 Å². The normalized spacial score (nSPS) is 12.2. The van der Waals surface area contributed by atoms with Gasteiger partial charge in [0.2, 0.25) is 0 Å². The first kappa shape index (κ1) is 13.5. The van der Waals surface area contributed by atoms with Crippen LogP contribution in [0.15, 0.2) is 18.3 Å². The number of carbonyl (C=O) groups excluding carboxylic acids is 1. The highest BCUT2D eigenvalue weighted by molar-refractivity contribution is 9.09. The Labute approximate surface area is 109 Å². The molecule has 1 N–H and O–H groups in total. The number of halogens is 2. The third kappa shape index (κ3) is 4.49. The van der Waals surface area contributed by atoms with Gasteiger partial charge in [0, 0.05) is 18.1 Å². The molecule has 0 saturated carbocycles. The molecule has 0 aliphatic heterocycles. The number of carbonyl (C=O) groups is 1. The van der Waals surface area contributed by atoms with Crippen molar-refractivity contribution in [3.05, 3.63) is 29.0 Å². The van der Waals surface area contributed by atoms with Gasteiger partial charge in [-0.15, -0.1) is 0 Å². The predicted molar refractivity (Wildman–Crippen MR) is 69.2 cm³/mol. The van der Waals surface area contributed by atoms with Crippen molar-refractivity contribution in [3.8, 4) is 0 Å². The Morgan fingerprint density at radius 1 is 1.62 bits per heavy atom. The van der Waals surface area contributed by atoms with E-state index in [4.69, 9.17) is 11.6 Å². The molecule has 0 radical (unpaired) electrons. The van der Waals surface area contributed by atoms with Gasteiger partial charge in [0.1, 0.15) is 5.69 Å². The van der Waals surface area contributed by atoms with Gasteiger partial charge in [-0.25, -0.2) is 4.98 Å². The Morgan fingerprint density at radius 2 is 2.38 bits per heavy atom. The number of aromatic nitrogens is 1. The van der Waals surface area contributed by atoms with Gasteiger partial charge in [-0.1, -0.05) is 34.5 Å². The molecular formula is C11H14BrClN2O. The predicted octanol–water partition coefficient (Wildman–Crippen LogP) is 2.89. The lowest BCUT2D eigenvalue weighted by atomic mass is 10.1. The molecule has 0 fully saturated rings. The van der Waals surface area contributed by atoms with E-state index in [0.29, 0.717) is 23.2 Å². The summed E-state index contributed by atoms with van der Waals surface area (Å²) in [5.74, 6) is 0.300. The van der Waals surface area contributed by atoms with Crippen molar-refractivity contribution in [3.63, 3.8) is 0 Å². The lowest BCUT2D eigenvalue weighted by Crippen LogP contribution is -2.29. The van der Waals surface area contributed by atoms with Crippen molar-refractivity contribution in [2.24, 2.45) is 5.92 Å². The summed E-state index contributed by atoms with van der Waals surface area (Å²) < 4.78 is 0. The van der Waals surface area contributed by atoms with Crippen molar-refractivity contribution in [2.75, 3.05) is 11.9 Å². The van der Waals surface area contributed by atoms with E-state index in [1.807, 2.05) is 0 Å². The third-order valence-corrected chi connectivity index (χ3v) is 2.85. The molecule has 1 unspecified atom stereocenters. The second kappa shape index (κ2) is 6.86. The summed E-state index contributed by atoms with van der Waals surface area (Å²) in [6, 6.07) is 3.28. The number of hydrogen-bond acceptors (Lipinski definition) is 2. The smallest absolute Gasteiger partial charge is 0.269 e. The highest BCUT2D eigenvalue weighted by atomic mass is 79.9. The van der Waals surface area contributed by atoms with Crippen molar-refractivity contribution in [1.82, 2.24) is 10.3 Å². The number of rotatable bonds is 5. The van der Waals surface area contributed by atoms with Crippen molar-refractivity contribution >= 4 is 33.4 Å². The van der Waals surface area contributed by atoms with Crippen LogP contribution in [0.2, 0.25) is 5.02 Å². The van der Waals surface area contributed by atoms with Crippen molar-refractivity contribution in [1.29, 1.82) is 0 Å². The molecular weight excluding hydrogens is 291 g/mol. The number of nitrogens with zero attached hydrogens (tertiary/aromatic N) is 1. The fraction of sp³-hybridized carbons (Fsp3) is 0.455. The molecule has 0 bridgehead atoms. The molecule has 5 heteroatoms. The average molecular weight is 306 g/mol. The Kier molecular flexibility index (Phi) is 5.77. The summed E-state index contributed by atoms with van der Waals surface area (Å²) in [5, 5.41) is 4.32. The van der Waals surface area contributed by atoms with E-state index in [2.05, 4.69) is 33.2 Å². The number of nitrogens with one attached hydrogen (secondary N) is 1. The molecule has 0 spiro atoms. The molecule has 1 atom stereocenters.